The van der Waals surface area contributed by atoms with Crippen molar-refractivity contribution in [2.24, 2.45) is 0 Å². The van der Waals surface area contributed by atoms with Crippen LogP contribution in [0, 0.1) is 6.92 Å². The zero-order valence-corrected chi connectivity index (χ0v) is 20.5. The van der Waals surface area contributed by atoms with E-state index in [0.29, 0.717) is 42.3 Å². The summed E-state index contributed by atoms with van der Waals surface area (Å²) in [5.74, 6) is 0.944. The van der Waals surface area contributed by atoms with Gasteiger partial charge in [-0.15, -0.1) is 0 Å². The number of para-hydroxylation sites is 1. The molecular weight excluding hydrogens is 454 g/mol. The summed E-state index contributed by atoms with van der Waals surface area (Å²) in [4.78, 5) is 26.7. The molecule has 1 aliphatic rings. The summed E-state index contributed by atoms with van der Waals surface area (Å²) in [6.45, 7) is 5.19. The fourth-order valence-electron chi connectivity index (χ4n) is 4.41. The summed E-state index contributed by atoms with van der Waals surface area (Å²) in [6.07, 6.45) is 0.795. The number of amides is 1. The van der Waals surface area contributed by atoms with Crippen molar-refractivity contribution >= 4 is 28.2 Å². The monoisotopic (exact) mass is 483 g/mol. The summed E-state index contributed by atoms with van der Waals surface area (Å²) < 4.78 is 13.0. The molecule has 1 aliphatic heterocycles. The maximum Gasteiger partial charge on any atom is 0.256 e. The number of rotatable bonds is 7. The van der Waals surface area contributed by atoms with Crippen LogP contribution in [0.2, 0.25) is 0 Å². The fraction of sp³-hybridized carbons (Fsp3) is 0.241. The lowest BCUT2D eigenvalue weighted by atomic mass is 10.1. The smallest absolute Gasteiger partial charge is 0.256 e. The van der Waals surface area contributed by atoms with Crippen molar-refractivity contribution in [1.29, 1.82) is 0 Å². The van der Waals surface area contributed by atoms with Crippen LogP contribution in [0.4, 0.5) is 11.4 Å². The van der Waals surface area contributed by atoms with Crippen LogP contribution in [0.1, 0.15) is 23.6 Å². The number of aryl methyl sites for hydroxylation is 2. The molecule has 2 N–H and O–H groups in total. The molecule has 0 saturated heterocycles. The summed E-state index contributed by atoms with van der Waals surface area (Å²) in [5.41, 5.74) is 4.84. The molecule has 3 aromatic carbocycles. The van der Waals surface area contributed by atoms with Crippen LogP contribution in [-0.4, -0.2) is 23.7 Å². The van der Waals surface area contributed by atoms with Crippen molar-refractivity contribution in [1.82, 2.24) is 4.57 Å². The highest BCUT2D eigenvalue weighted by molar-refractivity contribution is 5.93. The molecule has 1 amide bonds. The Morgan fingerprint density at radius 1 is 0.944 bits per heavy atom. The average molecular weight is 484 g/mol. The molecule has 5 rings (SSSR count). The SMILES string of the molecule is CCc1ccccc1NC(=O)Cn1c(=O)c(CNc2ccc(C)cc2)cc2cc3c(cc21)OCCO3. The number of aromatic nitrogens is 1. The third kappa shape index (κ3) is 4.91. The second-order valence-corrected chi connectivity index (χ2v) is 8.89. The second-order valence-electron chi connectivity index (χ2n) is 8.89. The molecule has 1 aromatic heterocycles. The van der Waals surface area contributed by atoms with E-state index in [1.54, 1.807) is 6.07 Å². The van der Waals surface area contributed by atoms with E-state index >= 15 is 0 Å². The van der Waals surface area contributed by atoms with Gasteiger partial charge in [-0.05, 0) is 49.2 Å². The van der Waals surface area contributed by atoms with Gasteiger partial charge in [0.2, 0.25) is 5.91 Å². The van der Waals surface area contributed by atoms with E-state index in [-0.39, 0.29) is 18.0 Å². The number of fused-ring (bicyclic) bond motifs is 2. The highest BCUT2D eigenvalue weighted by Gasteiger charge is 2.18. The summed E-state index contributed by atoms with van der Waals surface area (Å²) in [6, 6.07) is 21.2. The predicted octanol–water partition coefficient (Wildman–Crippen LogP) is 4.89. The Morgan fingerprint density at radius 2 is 1.67 bits per heavy atom. The van der Waals surface area contributed by atoms with Crippen molar-refractivity contribution in [3.63, 3.8) is 0 Å². The quantitative estimate of drug-likeness (QED) is 0.391. The molecule has 0 fully saturated rings. The van der Waals surface area contributed by atoms with Gasteiger partial charge in [0, 0.05) is 34.9 Å². The van der Waals surface area contributed by atoms with Crippen molar-refractivity contribution in [3.8, 4) is 11.5 Å². The van der Waals surface area contributed by atoms with Crippen LogP contribution in [0.5, 0.6) is 11.5 Å². The lowest BCUT2D eigenvalue weighted by Gasteiger charge is -2.21. The number of nitrogens with one attached hydrogen (secondary N) is 2. The van der Waals surface area contributed by atoms with Gasteiger partial charge in [0.05, 0.1) is 5.52 Å². The summed E-state index contributed by atoms with van der Waals surface area (Å²) in [7, 11) is 0. The minimum Gasteiger partial charge on any atom is -0.486 e. The Hall–Kier alpha value is -4.26. The molecule has 2 heterocycles. The molecule has 36 heavy (non-hydrogen) atoms. The third-order valence-electron chi connectivity index (χ3n) is 6.34. The van der Waals surface area contributed by atoms with E-state index in [1.165, 1.54) is 4.57 Å². The molecule has 0 bridgehead atoms. The molecule has 7 nitrogen and oxygen atoms in total. The van der Waals surface area contributed by atoms with Gasteiger partial charge in [0.1, 0.15) is 19.8 Å². The Morgan fingerprint density at radius 3 is 2.42 bits per heavy atom. The highest BCUT2D eigenvalue weighted by Crippen LogP contribution is 2.34. The molecule has 0 atom stereocenters. The van der Waals surface area contributed by atoms with Crippen molar-refractivity contribution in [2.75, 3.05) is 23.8 Å². The van der Waals surface area contributed by atoms with Gasteiger partial charge in [-0.1, -0.05) is 42.8 Å². The largest absolute Gasteiger partial charge is 0.486 e. The van der Waals surface area contributed by atoms with Crippen molar-refractivity contribution < 1.29 is 14.3 Å². The maximum absolute atomic E-state index is 13.6. The van der Waals surface area contributed by atoms with E-state index < -0.39 is 0 Å². The number of ether oxygens (including phenoxy) is 2. The minimum absolute atomic E-state index is 0.120. The Labute approximate surface area is 209 Å². The highest BCUT2D eigenvalue weighted by atomic mass is 16.6. The van der Waals surface area contributed by atoms with Crippen LogP contribution in [0.3, 0.4) is 0 Å². The van der Waals surface area contributed by atoms with Crippen molar-refractivity contribution in [3.05, 3.63) is 93.8 Å². The van der Waals surface area contributed by atoms with E-state index in [1.807, 2.05) is 74.5 Å². The normalized spacial score (nSPS) is 12.4. The Kier molecular flexibility index (Phi) is 6.62. The van der Waals surface area contributed by atoms with Crippen LogP contribution < -0.4 is 25.7 Å². The lowest BCUT2D eigenvalue weighted by Crippen LogP contribution is -2.31. The second kappa shape index (κ2) is 10.2. The molecular formula is C29H29N3O4. The molecule has 184 valence electrons. The fourth-order valence-corrected chi connectivity index (χ4v) is 4.41. The number of carbonyl (C=O) groups is 1. The standard InChI is InChI=1S/C29H29N3O4/c1-3-20-6-4-5-7-24(20)31-28(33)18-32-25-16-27-26(35-12-13-36-27)15-21(25)14-22(29(32)34)17-30-23-10-8-19(2)9-11-23/h4-11,14-16,30H,3,12-13,17-18H2,1-2H3,(H,31,33). The Bertz CT molecular complexity index is 1470. The first-order valence-corrected chi connectivity index (χ1v) is 12.2. The van der Waals surface area contributed by atoms with Gasteiger partial charge in [0.15, 0.2) is 11.5 Å². The first kappa shape index (κ1) is 23.5. The number of pyridine rings is 1. The molecule has 0 spiro atoms. The first-order valence-electron chi connectivity index (χ1n) is 12.2. The topological polar surface area (TPSA) is 81.6 Å². The molecule has 0 aliphatic carbocycles. The molecule has 7 heteroatoms. The van der Waals surface area contributed by atoms with E-state index in [4.69, 9.17) is 9.47 Å². The first-order chi connectivity index (χ1) is 17.5. The zero-order valence-electron chi connectivity index (χ0n) is 20.5. The number of anilines is 2. The van der Waals surface area contributed by atoms with Crippen molar-refractivity contribution in [2.45, 2.75) is 33.4 Å². The zero-order chi connectivity index (χ0) is 25.1. The van der Waals surface area contributed by atoms with Crippen LogP contribution >= 0.6 is 0 Å². The summed E-state index contributed by atoms with van der Waals surface area (Å²) >= 11 is 0. The van der Waals surface area contributed by atoms with Gasteiger partial charge in [0.25, 0.3) is 5.56 Å². The van der Waals surface area contributed by atoms with Gasteiger partial charge >= 0.3 is 0 Å². The third-order valence-corrected chi connectivity index (χ3v) is 6.34. The summed E-state index contributed by atoms with van der Waals surface area (Å²) in [5, 5.41) is 7.10. The van der Waals surface area contributed by atoms with Gasteiger partial charge in [-0.25, -0.2) is 0 Å². The van der Waals surface area contributed by atoms with Crippen LogP contribution in [0.15, 0.2) is 71.5 Å². The molecule has 0 saturated carbocycles. The minimum atomic E-state index is -0.266. The number of carbonyl (C=O) groups excluding carboxylic acids is 1. The maximum atomic E-state index is 13.6. The van der Waals surface area contributed by atoms with E-state index in [2.05, 4.69) is 10.6 Å². The number of nitrogens with zero attached hydrogens (tertiary/aromatic N) is 1. The number of hydrogen-bond acceptors (Lipinski definition) is 5. The molecule has 0 unspecified atom stereocenters. The van der Waals surface area contributed by atoms with Gasteiger partial charge in [-0.2, -0.15) is 0 Å². The Balaban J connectivity index is 1.51. The van der Waals surface area contributed by atoms with Gasteiger partial charge < -0.3 is 20.1 Å². The van der Waals surface area contributed by atoms with Crippen LogP contribution in [0.25, 0.3) is 10.9 Å². The van der Waals surface area contributed by atoms with E-state index in [0.717, 1.165) is 34.3 Å². The number of benzene rings is 3. The molecule has 0 radical (unpaired) electrons. The average Bonchev–Trinajstić information content (AvgIpc) is 2.89. The van der Waals surface area contributed by atoms with E-state index in [9.17, 15) is 9.59 Å². The molecule has 4 aromatic rings. The number of hydrogen-bond donors (Lipinski definition) is 2. The van der Waals surface area contributed by atoms with Crippen LogP contribution in [-0.2, 0) is 24.3 Å². The predicted molar refractivity (Wildman–Crippen MR) is 142 cm³/mol. The lowest BCUT2D eigenvalue weighted by molar-refractivity contribution is -0.116. The van der Waals surface area contributed by atoms with Gasteiger partial charge in [-0.3, -0.25) is 14.2 Å².